The molecular weight excluding hydrogens is 278 g/mol. The number of nitrogens with one attached hydrogen (secondary N) is 1. The van der Waals surface area contributed by atoms with E-state index in [0.717, 1.165) is 12.8 Å². The molecule has 1 N–H and O–H groups in total. The Hall–Kier alpha value is -0.830. The molecule has 1 aromatic carbocycles. The summed E-state index contributed by atoms with van der Waals surface area (Å²) in [6.07, 6.45) is 2.00. The van der Waals surface area contributed by atoms with Gasteiger partial charge >= 0.3 is 0 Å². The summed E-state index contributed by atoms with van der Waals surface area (Å²) >= 11 is 3.38. The highest BCUT2D eigenvalue weighted by atomic mass is 79.9. The summed E-state index contributed by atoms with van der Waals surface area (Å²) in [5, 5.41) is 3.09. The molecule has 0 aliphatic carbocycles. The van der Waals surface area contributed by atoms with Crippen LogP contribution in [-0.2, 0) is 4.79 Å². The van der Waals surface area contributed by atoms with Gasteiger partial charge in [-0.1, -0.05) is 59.6 Å². The molecule has 1 rings (SSSR count). The van der Waals surface area contributed by atoms with Crippen LogP contribution >= 0.6 is 15.9 Å². The van der Waals surface area contributed by atoms with Gasteiger partial charge in [-0.15, -0.1) is 0 Å². The predicted octanol–water partition coefficient (Wildman–Crippen LogP) is 3.82. The normalized spacial score (nSPS) is 13.2. The summed E-state index contributed by atoms with van der Waals surface area (Å²) < 4.78 is -0.520. The predicted molar refractivity (Wildman–Crippen MR) is 75.2 cm³/mol. The second-order valence-corrected chi connectivity index (χ2v) is 6.68. The maximum absolute atomic E-state index is 12.0. The van der Waals surface area contributed by atoms with Crippen molar-refractivity contribution in [2.75, 3.05) is 0 Å². The second kappa shape index (κ2) is 6.20. The van der Waals surface area contributed by atoms with Crippen LogP contribution in [-0.4, -0.2) is 10.2 Å². The van der Waals surface area contributed by atoms with Gasteiger partial charge in [-0.05, 0) is 25.8 Å². The first-order chi connectivity index (χ1) is 7.95. The number of carbonyl (C=O) groups excluding carboxylic acids is 1. The Kier molecular flexibility index (Phi) is 5.19. The molecule has 1 aromatic rings. The van der Waals surface area contributed by atoms with Crippen molar-refractivity contribution in [3.63, 3.8) is 0 Å². The number of hydrogen-bond donors (Lipinski definition) is 1. The van der Waals surface area contributed by atoms with Crippen molar-refractivity contribution in [3.8, 4) is 0 Å². The molecule has 0 bridgehead atoms. The van der Waals surface area contributed by atoms with E-state index >= 15 is 0 Å². The molecule has 0 aromatic heterocycles. The summed E-state index contributed by atoms with van der Waals surface area (Å²) in [5.74, 6) is 0.0276. The molecule has 0 aliphatic heterocycles. The molecule has 1 atom stereocenters. The van der Waals surface area contributed by atoms with Crippen LogP contribution in [0.25, 0.3) is 0 Å². The van der Waals surface area contributed by atoms with Crippen LogP contribution in [0.15, 0.2) is 30.3 Å². The van der Waals surface area contributed by atoms with E-state index in [-0.39, 0.29) is 11.9 Å². The molecule has 0 radical (unpaired) electrons. The quantitative estimate of drug-likeness (QED) is 0.823. The highest BCUT2D eigenvalue weighted by molar-refractivity contribution is 9.10. The number of benzene rings is 1. The van der Waals surface area contributed by atoms with Gasteiger partial charge in [0.15, 0.2) is 0 Å². The van der Waals surface area contributed by atoms with Gasteiger partial charge in [-0.2, -0.15) is 0 Å². The van der Waals surface area contributed by atoms with Crippen molar-refractivity contribution in [2.24, 2.45) is 0 Å². The van der Waals surface area contributed by atoms with E-state index in [1.54, 1.807) is 0 Å². The van der Waals surface area contributed by atoms with E-state index in [0.29, 0.717) is 0 Å². The fourth-order valence-corrected chi connectivity index (χ4v) is 1.74. The van der Waals surface area contributed by atoms with Crippen LogP contribution in [0.3, 0.4) is 0 Å². The van der Waals surface area contributed by atoms with Gasteiger partial charge in [0, 0.05) is 0 Å². The lowest BCUT2D eigenvalue weighted by Crippen LogP contribution is -2.39. The molecular formula is C14H20BrNO. The maximum atomic E-state index is 12.0. The Morgan fingerprint density at radius 2 is 1.94 bits per heavy atom. The van der Waals surface area contributed by atoms with E-state index in [1.807, 2.05) is 32.0 Å². The first kappa shape index (κ1) is 14.2. The van der Waals surface area contributed by atoms with E-state index in [2.05, 4.69) is 40.3 Å². The van der Waals surface area contributed by atoms with Crippen LogP contribution in [0.5, 0.6) is 0 Å². The zero-order valence-electron chi connectivity index (χ0n) is 10.7. The van der Waals surface area contributed by atoms with Gasteiger partial charge < -0.3 is 5.32 Å². The Morgan fingerprint density at radius 1 is 1.35 bits per heavy atom. The minimum absolute atomic E-state index is 0.0276. The second-order valence-electron chi connectivity index (χ2n) is 4.70. The molecule has 94 valence electrons. The Morgan fingerprint density at radius 3 is 2.41 bits per heavy atom. The van der Waals surface area contributed by atoms with E-state index in [1.165, 1.54) is 5.56 Å². The Labute approximate surface area is 112 Å². The van der Waals surface area contributed by atoms with Crippen LogP contribution in [0.1, 0.15) is 45.2 Å². The zero-order chi connectivity index (χ0) is 12.9. The van der Waals surface area contributed by atoms with Gasteiger partial charge in [-0.3, -0.25) is 4.79 Å². The minimum atomic E-state index is -0.520. The Bertz CT molecular complexity index is 356. The molecule has 0 spiro atoms. The molecule has 1 unspecified atom stereocenters. The Balaban J connectivity index is 2.78. The van der Waals surface area contributed by atoms with Crippen LogP contribution < -0.4 is 5.32 Å². The van der Waals surface area contributed by atoms with E-state index in [9.17, 15) is 4.79 Å². The summed E-state index contributed by atoms with van der Waals surface area (Å²) in [6, 6.07) is 10.2. The number of amides is 1. The lowest BCUT2D eigenvalue weighted by atomic mass is 10.0. The van der Waals surface area contributed by atoms with Crippen molar-refractivity contribution in [1.29, 1.82) is 0 Å². The van der Waals surface area contributed by atoms with Crippen molar-refractivity contribution >= 4 is 21.8 Å². The molecule has 0 heterocycles. The summed E-state index contributed by atoms with van der Waals surface area (Å²) in [6.45, 7) is 5.84. The van der Waals surface area contributed by atoms with Crippen molar-refractivity contribution in [3.05, 3.63) is 35.9 Å². The summed E-state index contributed by atoms with van der Waals surface area (Å²) in [7, 11) is 0. The van der Waals surface area contributed by atoms with Crippen molar-refractivity contribution in [1.82, 2.24) is 5.32 Å². The first-order valence-corrected chi connectivity index (χ1v) is 6.79. The van der Waals surface area contributed by atoms with Crippen LogP contribution in [0, 0.1) is 0 Å². The number of halogens is 1. The average Bonchev–Trinajstić information content (AvgIpc) is 2.28. The topological polar surface area (TPSA) is 29.1 Å². The third kappa shape index (κ3) is 4.50. The van der Waals surface area contributed by atoms with Gasteiger partial charge in [0.2, 0.25) is 5.91 Å². The zero-order valence-corrected chi connectivity index (χ0v) is 12.3. The van der Waals surface area contributed by atoms with Gasteiger partial charge in [0.05, 0.1) is 10.4 Å². The summed E-state index contributed by atoms with van der Waals surface area (Å²) in [5.41, 5.74) is 1.17. The highest BCUT2D eigenvalue weighted by Gasteiger charge is 2.26. The number of alkyl halides is 1. The number of hydrogen-bond acceptors (Lipinski definition) is 1. The third-order valence-electron chi connectivity index (χ3n) is 2.62. The van der Waals surface area contributed by atoms with Crippen LogP contribution in [0.4, 0.5) is 0 Å². The minimum Gasteiger partial charge on any atom is -0.348 e. The molecule has 0 saturated carbocycles. The van der Waals surface area contributed by atoms with Gasteiger partial charge in [0.1, 0.15) is 0 Å². The first-order valence-electron chi connectivity index (χ1n) is 6.00. The molecule has 0 saturated heterocycles. The standard InChI is InChI=1S/C14H20BrNO/c1-4-8-12(11-9-6-5-7-10-11)16-13(17)14(2,3)15/h5-7,9-10,12H,4,8H2,1-3H3,(H,16,17). The van der Waals surface area contributed by atoms with Crippen LogP contribution in [0.2, 0.25) is 0 Å². The monoisotopic (exact) mass is 297 g/mol. The smallest absolute Gasteiger partial charge is 0.236 e. The third-order valence-corrected chi connectivity index (χ3v) is 2.98. The molecule has 17 heavy (non-hydrogen) atoms. The van der Waals surface area contributed by atoms with Gasteiger partial charge in [0.25, 0.3) is 0 Å². The highest BCUT2D eigenvalue weighted by Crippen LogP contribution is 2.22. The van der Waals surface area contributed by atoms with E-state index in [4.69, 9.17) is 0 Å². The van der Waals surface area contributed by atoms with Crippen molar-refractivity contribution < 1.29 is 4.79 Å². The maximum Gasteiger partial charge on any atom is 0.236 e. The number of rotatable bonds is 5. The number of carbonyl (C=O) groups is 1. The molecule has 1 amide bonds. The lowest BCUT2D eigenvalue weighted by molar-refractivity contribution is -0.123. The molecule has 3 heteroatoms. The molecule has 0 aliphatic rings. The fraction of sp³-hybridized carbons (Fsp3) is 0.500. The molecule has 2 nitrogen and oxygen atoms in total. The largest absolute Gasteiger partial charge is 0.348 e. The van der Waals surface area contributed by atoms with Gasteiger partial charge in [-0.25, -0.2) is 0 Å². The molecule has 0 fully saturated rings. The lowest BCUT2D eigenvalue weighted by Gasteiger charge is -2.23. The average molecular weight is 298 g/mol. The van der Waals surface area contributed by atoms with E-state index < -0.39 is 4.32 Å². The fourth-order valence-electron chi connectivity index (χ4n) is 1.63. The SMILES string of the molecule is CCCC(NC(=O)C(C)(C)Br)c1ccccc1. The van der Waals surface area contributed by atoms with Crippen molar-refractivity contribution in [2.45, 2.75) is 44.0 Å². The summed E-state index contributed by atoms with van der Waals surface area (Å²) in [4.78, 5) is 12.0.